The van der Waals surface area contributed by atoms with E-state index in [-0.39, 0.29) is 23.1 Å². The van der Waals surface area contributed by atoms with E-state index >= 15 is 0 Å². The predicted molar refractivity (Wildman–Crippen MR) is 135 cm³/mol. The molecule has 9 heteroatoms. The van der Waals surface area contributed by atoms with Crippen molar-refractivity contribution in [3.8, 4) is 5.75 Å². The largest absolute Gasteiger partial charge is 0.493 e. The number of hydrogen-bond acceptors (Lipinski definition) is 7. The number of nitrogens with one attached hydrogen (secondary N) is 1. The van der Waals surface area contributed by atoms with Gasteiger partial charge in [0.15, 0.2) is 11.4 Å². The Morgan fingerprint density at radius 2 is 1.89 bits per heavy atom. The van der Waals surface area contributed by atoms with Crippen LogP contribution in [0.15, 0.2) is 23.1 Å². The number of rotatable bonds is 5. The Hall–Kier alpha value is -2.91. The van der Waals surface area contributed by atoms with Gasteiger partial charge in [-0.1, -0.05) is 0 Å². The smallest absolute Gasteiger partial charge is 0.330 e. The minimum Gasteiger partial charge on any atom is -0.493 e. The Labute approximate surface area is 209 Å². The van der Waals surface area contributed by atoms with Gasteiger partial charge in [0.2, 0.25) is 5.95 Å². The molecule has 3 heterocycles. The molecule has 2 unspecified atom stereocenters. The third-order valence-corrected chi connectivity index (χ3v) is 9.49. The first-order valence-corrected chi connectivity index (χ1v) is 13.0. The van der Waals surface area contributed by atoms with Gasteiger partial charge in [-0.25, -0.2) is 9.78 Å². The van der Waals surface area contributed by atoms with E-state index in [0.29, 0.717) is 17.5 Å². The third kappa shape index (κ3) is 2.87. The van der Waals surface area contributed by atoms with Gasteiger partial charge in [0.25, 0.3) is 0 Å². The van der Waals surface area contributed by atoms with Crippen LogP contribution in [0.3, 0.4) is 0 Å². The monoisotopic (exact) mass is 491 g/mol. The number of aromatic nitrogens is 4. The Balaban J connectivity index is 1.32. The number of benzene rings is 1. The number of methoxy groups -OCH3 is 2. The van der Waals surface area contributed by atoms with Crippen LogP contribution >= 0.6 is 0 Å². The molecule has 5 aliphatic rings. The lowest BCUT2D eigenvalue weighted by Gasteiger charge is -2.63. The molecule has 4 fully saturated rings. The quantitative estimate of drug-likeness (QED) is 0.545. The van der Waals surface area contributed by atoms with Crippen LogP contribution in [0.1, 0.15) is 43.2 Å². The Morgan fingerprint density at radius 3 is 2.61 bits per heavy atom. The summed E-state index contributed by atoms with van der Waals surface area (Å²) in [6, 6.07) is 4.19. The first-order chi connectivity index (χ1) is 17.4. The van der Waals surface area contributed by atoms with Crippen molar-refractivity contribution < 1.29 is 14.2 Å². The van der Waals surface area contributed by atoms with E-state index in [9.17, 15) is 4.79 Å². The van der Waals surface area contributed by atoms with Gasteiger partial charge >= 0.3 is 5.69 Å². The van der Waals surface area contributed by atoms with Crippen LogP contribution in [-0.2, 0) is 28.5 Å². The molecule has 0 saturated heterocycles. The molecule has 3 aromatic rings. The predicted octanol–water partition coefficient (Wildman–Crippen LogP) is 3.64. The first-order valence-electron chi connectivity index (χ1n) is 13.0. The van der Waals surface area contributed by atoms with Crippen LogP contribution in [0.4, 0.5) is 11.6 Å². The van der Waals surface area contributed by atoms with Crippen LogP contribution in [0, 0.1) is 24.7 Å². The standard InChI is InChI=1S/C27H33N5O4/c1-15-7-22-17(5-6-36-22)10-20(15)29-24-28-14-21-23(30-24)32(25(33)31(21)2)26-11-16-8-18(12-26)27(34-3,35-4)19(9-16)13-26/h7,10,14,16,18-19H,5-6,8-9,11-13H2,1-4H3,(H,28,29,30). The maximum Gasteiger partial charge on any atom is 0.330 e. The van der Waals surface area contributed by atoms with E-state index in [2.05, 4.69) is 29.4 Å². The maximum absolute atomic E-state index is 13.7. The summed E-state index contributed by atoms with van der Waals surface area (Å²) in [4.78, 5) is 23.2. The number of nitrogens with zero attached hydrogens (tertiary/aromatic N) is 4. The lowest BCUT2D eigenvalue weighted by atomic mass is 9.50. The highest BCUT2D eigenvalue weighted by molar-refractivity contribution is 5.74. The van der Waals surface area contributed by atoms with E-state index < -0.39 is 5.79 Å². The van der Waals surface area contributed by atoms with E-state index in [1.165, 1.54) is 5.56 Å². The van der Waals surface area contributed by atoms with Gasteiger partial charge in [-0.3, -0.25) is 9.13 Å². The van der Waals surface area contributed by atoms with Gasteiger partial charge < -0.3 is 19.5 Å². The van der Waals surface area contributed by atoms with E-state index in [1.54, 1.807) is 25.0 Å². The number of anilines is 2. The molecular weight excluding hydrogens is 458 g/mol. The highest BCUT2D eigenvalue weighted by Gasteiger charge is 2.64. The molecule has 4 aliphatic carbocycles. The molecule has 1 aromatic carbocycles. The lowest BCUT2D eigenvalue weighted by Crippen LogP contribution is -2.66. The molecule has 0 radical (unpaired) electrons. The second-order valence-corrected chi connectivity index (χ2v) is 11.3. The summed E-state index contributed by atoms with van der Waals surface area (Å²) in [5.74, 6) is 1.99. The second kappa shape index (κ2) is 7.55. The zero-order chi connectivity index (χ0) is 24.8. The number of imidazole rings is 1. The molecule has 8 rings (SSSR count). The van der Waals surface area contributed by atoms with Crippen molar-refractivity contribution in [1.29, 1.82) is 0 Å². The Bertz CT molecular complexity index is 1420. The fourth-order valence-corrected chi connectivity index (χ4v) is 8.09. The van der Waals surface area contributed by atoms with Crippen molar-refractivity contribution in [1.82, 2.24) is 19.1 Å². The van der Waals surface area contributed by atoms with Crippen molar-refractivity contribution in [2.24, 2.45) is 24.8 Å². The Kier molecular flexibility index (Phi) is 4.68. The molecule has 1 aliphatic heterocycles. The molecule has 4 bridgehead atoms. The summed E-state index contributed by atoms with van der Waals surface area (Å²) in [6.07, 6.45) is 7.56. The third-order valence-electron chi connectivity index (χ3n) is 9.49. The highest BCUT2D eigenvalue weighted by atomic mass is 16.7. The molecule has 0 spiro atoms. The van der Waals surface area contributed by atoms with E-state index in [4.69, 9.17) is 19.2 Å². The SMILES string of the molecule is COC1(OC)C2CC3CC1CC(n1c(=O)n(C)c4cnc(Nc5cc6c(cc5C)OCC6)nc41)(C3)C2. The fourth-order valence-electron chi connectivity index (χ4n) is 8.09. The van der Waals surface area contributed by atoms with Crippen LogP contribution in [0.5, 0.6) is 5.75 Å². The van der Waals surface area contributed by atoms with Crippen molar-refractivity contribution in [3.05, 3.63) is 39.9 Å². The van der Waals surface area contributed by atoms with Crippen molar-refractivity contribution in [3.63, 3.8) is 0 Å². The first kappa shape index (κ1) is 22.3. The van der Waals surface area contributed by atoms with Gasteiger partial charge in [-0.05, 0) is 68.2 Å². The Morgan fingerprint density at radius 1 is 1.14 bits per heavy atom. The van der Waals surface area contributed by atoms with Crippen molar-refractivity contribution >= 4 is 22.8 Å². The molecule has 190 valence electrons. The minimum atomic E-state index is -0.550. The van der Waals surface area contributed by atoms with Crippen LogP contribution in [0.2, 0.25) is 0 Å². The normalized spacial score (nSPS) is 29.5. The highest BCUT2D eigenvalue weighted by Crippen LogP contribution is 2.63. The average Bonchev–Trinajstić information content (AvgIpc) is 3.41. The van der Waals surface area contributed by atoms with E-state index in [1.807, 2.05) is 11.6 Å². The molecule has 4 saturated carbocycles. The number of ether oxygens (including phenoxy) is 3. The molecular formula is C27H33N5O4. The summed E-state index contributed by atoms with van der Waals surface area (Å²) in [5, 5.41) is 3.41. The summed E-state index contributed by atoms with van der Waals surface area (Å²) in [7, 11) is 5.35. The average molecular weight is 492 g/mol. The van der Waals surface area contributed by atoms with Gasteiger partial charge in [0, 0.05) is 45.2 Å². The maximum atomic E-state index is 13.7. The number of fused-ring (bicyclic) bond motifs is 2. The van der Waals surface area contributed by atoms with E-state index in [0.717, 1.165) is 67.6 Å². The number of hydrogen-bond donors (Lipinski definition) is 1. The van der Waals surface area contributed by atoms with Gasteiger partial charge in [-0.15, -0.1) is 0 Å². The molecule has 9 nitrogen and oxygen atoms in total. The number of aryl methyl sites for hydroxylation is 2. The molecule has 36 heavy (non-hydrogen) atoms. The van der Waals surface area contributed by atoms with Gasteiger partial charge in [-0.2, -0.15) is 4.98 Å². The minimum absolute atomic E-state index is 0.0234. The summed E-state index contributed by atoms with van der Waals surface area (Å²) < 4.78 is 21.5. The van der Waals surface area contributed by atoms with Crippen molar-refractivity contribution in [2.45, 2.75) is 56.8 Å². The molecule has 2 atom stereocenters. The summed E-state index contributed by atoms with van der Waals surface area (Å²) in [5.41, 5.74) is 4.37. The van der Waals surface area contributed by atoms with Crippen LogP contribution in [0.25, 0.3) is 11.2 Å². The van der Waals surface area contributed by atoms with Crippen LogP contribution in [-0.4, -0.2) is 45.7 Å². The lowest BCUT2D eigenvalue weighted by molar-refractivity contribution is -0.328. The molecule has 0 amide bonds. The zero-order valence-electron chi connectivity index (χ0n) is 21.3. The van der Waals surface area contributed by atoms with Gasteiger partial charge in [0.1, 0.15) is 11.3 Å². The molecule has 2 aromatic heterocycles. The summed E-state index contributed by atoms with van der Waals surface area (Å²) >= 11 is 0. The van der Waals surface area contributed by atoms with Gasteiger partial charge in [0.05, 0.1) is 18.3 Å². The fraction of sp³-hybridized carbons (Fsp3) is 0.593. The molecule has 1 N–H and O–H groups in total. The van der Waals surface area contributed by atoms with Crippen molar-refractivity contribution in [2.75, 3.05) is 26.1 Å². The topological polar surface area (TPSA) is 92.4 Å². The zero-order valence-corrected chi connectivity index (χ0v) is 21.3. The van der Waals surface area contributed by atoms with Crippen LogP contribution < -0.4 is 15.7 Å². The summed E-state index contributed by atoms with van der Waals surface area (Å²) in [6.45, 7) is 2.77. The second-order valence-electron chi connectivity index (χ2n) is 11.3.